The molecule has 3 rings (SSSR count). The molecule has 152 valence electrons. The Labute approximate surface area is 173 Å². The molecule has 0 atom stereocenters. The molecule has 0 bridgehead atoms. The number of rotatable bonds is 6. The van der Waals surface area contributed by atoms with Gasteiger partial charge in [0.25, 0.3) is 0 Å². The summed E-state index contributed by atoms with van der Waals surface area (Å²) in [4.78, 5) is 2.97. The van der Waals surface area contributed by atoms with Crippen LogP contribution in [-0.2, 0) is 23.1 Å². The Kier molecular flexibility index (Phi) is 6.35. The first kappa shape index (κ1) is 21.4. The van der Waals surface area contributed by atoms with E-state index in [1.807, 2.05) is 0 Å². The highest BCUT2D eigenvalue weighted by molar-refractivity contribution is 9.10. The van der Waals surface area contributed by atoms with Gasteiger partial charge in [0, 0.05) is 28.8 Å². The Hall–Kier alpha value is -2.30. The summed E-state index contributed by atoms with van der Waals surface area (Å²) < 4.78 is 82.6. The Bertz CT molecular complexity index is 1140. The fourth-order valence-corrected chi connectivity index (χ4v) is 4.36. The molecule has 0 N–H and O–H groups in total. The monoisotopic (exact) mass is 488 g/mol. The summed E-state index contributed by atoms with van der Waals surface area (Å²) in [7, 11) is -4.66. The Morgan fingerprint density at radius 2 is 1.59 bits per heavy atom. The van der Waals surface area contributed by atoms with E-state index in [0.717, 1.165) is 10.4 Å². The molecule has 0 amide bonds. The zero-order valence-electron chi connectivity index (χ0n) is 14.6. The van der Waals surface area contributed by atoms with E-state index in [0.29, 0.717) is 10.2 Å². The summed E-state index contributed by atoms with van der Waals surface area (Å²) in [6, 6.07) is 9.22. The summed E-state index contributed by atoms with van der Waals surface area (Å²) in [6.07, 6.45) is 1.43. The lowest BCUT2D eigenvalue weighted by Gasteiger charge is -2.23. The summed E-state index contributed by atoms with van der Waals surface area (Å²) in [5.74, 6) is -5.17. The van der Waals surface area contributed by atoms with Crippen molar-refractivity contribution in [3.8, 4) is 0 Å². The van der Waals surface area contributed by atoms with Crippen LogP contribution in [0.25, 0.3) is 0 Å². The quantitative estimate of drug-likeness (QED) is 0.370. The van der Waals surface area contributed by atoms with Gasteiger partial charge in [0.2, 0.25) is 10.0 Å². The van der Waals surface area contributed by atoms with Crippen LogP contribution in [0.1, 0.15) is 11.3 Å². The van der Waals surface area contributed by atoms with Gasteiger partial charge in [-0.25, -0.2) is 26.0 Å². The molecule has 1 heterocycles. The third-order valence-electron chi connectivity index (χ3n) is 4.02. The minimum Gasteiger partial charge on any atom is -0.260 e. The highest BCUT2D eigenvalue weighted by Crippen LogP contribution is 2.26. The van der Waals surface area contributed by atoms with Crippen molar-refractivity contribution in [2.75, 3.05) is 0 Å². The van der Waals surface area contributed by atoms with Crippen LogP contribution in [0.3, 0.4) is 0 Å². The third kappa shape index (κ3) is 4.82. The van der Waals surface area contributed by atoms with E-state index in [1.54, 1.807) is 12.1 Å². The number of hydrogen-bond acceptors (Lipinski definition) is 3. The lowest BCUT2D eigenvalue weighted by Crippen LogP contribution is -2.31. The maximum atomic E-state index is 14.3. The van der Waals surface area contributed by atoms with Gasteiger partial charge in [0.05, 0.1) is 12.2 Å². The van der Waals surface area contributed by atoms with Crippen molar-refractivity contribution in [3.05, 3.63) is 93.7 Å². The first-order chi connectivity index (χ1) is 13.7. The van der Waals surface area contributed by atoms with Gasteiger partial charge < -0.3 is 0 Å². The Balaban J connectivity index is 2.07. The molecule has 10 heteroatoms. The van der Waals surface area contributed by atoms with Gasteiger partial charge in [0.15, 0.2) is 11.6 Å². The first-order valence-corrected chi connectivity index (χ1v) is 10.4. The van der Waals surface area contributed by atoms with Gasteiger partial charge >= 0.3 is 0 Å². The molecular weight excluding hydrogens is 476 g/mol. The minimum atomic E-state index is -4.66. The van der Waals surface area contributed by atoms with E-state index in [2.05, 4.69) is 20.9 Å². The molecule has 0 saturated carbocycles. The van der Waals surface area contributed by atoms with E-state index < -0.39 is 44.7 Å². The third-order valence-corrected chi connectivity index (χ3v) is 6.32. The number of pyridine rings is 1. The van der Waals surface area contributed by atoms with Crippen molar-refractivity contribution in [2.45, 2.75) is 18.0 Å². The molecule has 0 aliphatic carbocycles. The number of aromatic nitrogens is 1. The zero-order valence-corrected chi connectivity index (χ0v) is 17.0. The van der Waals surface area contributed by atoms with Crippen molar-refractivity contribution in [1.82, 2.24) is 9.29 Å². The van der Waals surface area contributed by atoms with Crippen molar-refractivity contribution in [2.24, 2.45) is 0 Å². The number of benzene rings is 2. The van der Waals surface area contributed by atoms with Crippen molar-refractivity contribution in [3.63, 3.8) is 0 Å². The van der Waals surface area contributed by atoms with E-state index in [4.69, 9.17) is 0 Å². The maximum absolute atomic E-state index is 14.3. The van der Waals surface area contributed by atoms with Crippen LogP contribution in [0.4, 0.5) is 17.6 Å². The second kappa shape index (κ2) is 8.60. The van der Waals surface area contributed by atoms with Crippen LogP contribution in [0.2, 0.25) is 0 Å². The predicted octanol–water partition coefficient (Wildman–Crippen LogP) is 4.79. The molecular formula is C19H13BrF4N2O2S. The molecule has 3 aromatic rings. The van der Waals surface area contributed by atoms with Crippen LogP contribution in [0.15, 0.2) is 64.1 Å². The molecule has 29 heavy (non-hydrogen) atoms. The summed E-state index contributed by atoms with van der Waals surface area (Å²) in [5.41, 5.74) is 0.312. The second-order valence-electron chi connectivity index (χ2n) is 6.03. The fourth-order valence-electron chi connectivity index (χ4n) is 2.58. The van der Waals surface area contributed by atoms with Gasteiger partial charge in [-0.05, 0) is 30.3 Å². The first-order valence-electron chi connectivity index (χ1n) is 8.17. The number of halogens is 5. The number of hydrogen-bond donors (Lipinski definition) is 0. The lowest BCUT2D eigenvalue weighted by molar-refractivity contribution is 0.385. The predicted molar refractivity (Wildman–Crippen MR) is 101 cm³/mol. The van der Waals surface area contributed by atoms with Crippen LogP contribution in [0, 0.1) is 23.3 Å². The van der Waals surface area contributed by atoms with Gasteiger partial charge in [0.1, 0.15) is 16.5 Å². The summed E-state index contributed by atoms with van der Waals surface area (Å²) >= 11 is 3.11. The maximum Gasteiger partial charge on any atom is 0.246 e. The average molecular weight is 489 g/mol. The van der Waals surface area contributed by atoms with Crippen LogP contribution in [-0.4, -0.2) is 17.7 Å². The average Bonchev–Trinajstić information content (AvgIpc) is 2.66. The SMILES string of the molecule is O=S(=O)(c1cc(F)c(F)cc1F)N(Cc1ccccn1)Cc1ccc(Br)cc1F. The van der Waals surface area contributed by atoms with Gasteiger partial charge in [-0.2, -0.15) is 4.31 Å². The Morgan fingerprint density at radius 3 is 2.24 bits per heavy atom. The molecule has 0 aliphatic heterocycles. The fraction of sp³-hybridized carbons (Fsp3) is 0.105. The van der Waals surface area contributed by atoms with E-state index in [-0.39, 0.29) is 24.2 Å². The molecule has 2 aromatic carbocycles. The van der Waals surface area contributed by atoms with Gasteiger partial charge in [-0.3, -0.25) is 4.98 Å². The molecule has 1 aromatic heterocycles. The minimum absolute atomic E-state index is 0.00991. The highest BCUT2D eigenvalue weighted by Gasteiger charge is 2.30. The molecule has 0 spiro atoms. The van der Waals surface area contributed by atoms with E-state index in [1.165, 1.54) is 24.4 Å². The van der Waals surface area contributed by atoms with Crippen molar-refractivity contribution < 1.29 is 26.0 Å². The van der Waals surface area contributed by atoms with Crippen LogP contribution >= 0.6 is 15.9 Å². The van der Waals surface area contributed by atoms with Crippen LogP contribution < -0.4 is 0 Å². The molecule has 0 fully saturated rings. The number of sulfonamides is 1. The van der Waals surface area contributed by atoms with Gasteiger partial charge in [-0.1, -0.05) is 28.1 Å². The summed E-state index contributed by atoms with van der Waals surface area (Å²) in [5, 5.41) is 0. The van der Waals surface area contributed by atoms with Crippen molar-refractivity contribution in [1.29, 1.82) is 0 Å². The molecule has 4 nitrogen and oxygen atoms in total. The summed E-state index contributed by atoms with van der Waals surface area (Å²) in [6.45, 7) is -0.812. The zero-order chi connectivity index (χ0) is 21.2. The number of nitrogens with zero attached hydrogens (tertiary/aromatic N) is 2. The highest BCUT2D eigenvalue weighted by atomic mass is 79.9. The van der Waals surface area contributed by atoms with Gasteiger partial charge in [-0.15, -0.1) is 0 Å². The van der Waals surface area contributed by atoms with Crippen molar-refractivity contribution >= 4 is 26.0 Å². The topological polar surface area (TPSA) is 50.3 Å². The largest absolute Gasteiger partial charge is 0.260 e. The van der Waals surface area contributed by atoms with Crippen LogP contribution in [0.5, 0.6) is 0 Å². The lowest BCUT2D eigenvalue weighted by atomic mass is 10.2. The van der Waals surface area contributed by atoms with E-state index in [9.17, 15) is 26.0 Å². The molecule has 0 saturated heterocycles. The standard InChI is InChI=1S/C19H13BrF4N2O2S/c20-13-5-4-12(15(21)7-13)10-26(11-14-3-1-2-6-25-14)29(27,28)19-9-17(23)16(22)8-18(19)24/h1-9H,10-11H2. The molecule has 0 aliphatic rings. The second-order valence-corrected chi connectivity index (χ2v) is 8.85. The normalized spacial score (nSPS) is 11.8. The molecule has 0 radical (unpaired) electrons. The Morgan fingerprint density at radius 1 is 0.862 bits per heavy atom. The molecule has 0 unspecified atom stereocenters. The smallest absolute Gasteiger partial charge is 0.246 e. The van der Waals surface area contributed by atoms with E-state index >= 15 is 0 Å².